The van der Waals surface area contributed by atoms with Crippen LogP contribution < -0.4 is 16.6 Å². The van der Waals surface area contributed by atoms with E-state index in [9.17, 15) is 15.4 Å². The Morgan fingerprint density at radius 3 is 2.42 bits per heavy atom. The largest absolute Gasteiger partial charge is 0.458 e. The summed E-state index contributed by atoms with van der Waals surface area (Å²) in [5.74, 6) is -0.506. The fraction of sp³-hybridized carbons (Fsp3) is 0.174. The molecule has 0 radical (unpaired) electrons. The van der Waals surface area contributed by atoms with Gasteiger partial charge in [0.25, 0.3) is 5.69 Å². The van der Waals surface area contributed by atoms with Crippen molar-refractivity contribution >= 4 is 16.5 Å². The smallest absolute Gasteiger partial charge is 0.269 e. The molecule has 3 aromatic carbocycles. The lowest BCUT2D eigenvalue weighted by Gasteiger charge is -2.36. The molecule has 0 amide bonds. The zero-order valence-corrected chi connectivity index (χ0v) is 16.4. The number of fused-ring (bicyclic) bond motifs is 2. The monoisotopic (exact) mass is 413 g/mol. The zero-order chi connectivity index (χ0) is 21.5. The van der Waals surface area contributed by atoms with Gasteiger partial charge in [-0.1, -0.05) is 48.5 Å². The van der Waals surface area contributed by atoms with Gasteiger partial charge in [0.2, 0.25) is 5.88 Å². The number of nitrogens with two attached hydrogens (primary N) is 1. The number of benzene rings is 3. The molecule has 4 unspecified atom stereocenters. The van der Waals surface area contributed by atoms with Gasteiger partial charge in [-0.05, 0) is 28.0 Å². The number of nitrogens with zero attached hydrogens (tertiary/aromatic N) is 2. The van der Waals surface area contributed by atoms with E-state index in [-0.39, 0.29) is 29.4 Å². The molecule has 1 saturated heterocycles. The number of hydrogen-bond donors (Lipinski definition) is 3. The van der Waals surface area contributed by atoms with Gasteiger partial charge >= 0.3 is 0 Å². The molecule has 0 bridgehead atoms. The first-order valence-electron chi connectivity index (χ1n) is 9.87. The Labute approximate surface area is 178 Å². The van der Waals surface area contributed by atoms with Crippen LogP contribution in [0.3, 0.4) is 0 Å². The van der Waals surface area contributed by atoms with Gasteiger partial charge in [0.15, 0.2) is 6.23 Å². The van der Waals surface area contributed by atoms with Crippen LogP contribution in [0.4, 0.5) is 5.69 Å². The summed E-state index contributed by atoms with van der Waals surface area (Å²) in [6.07, 6.45) is -0.450. The predicted molar refractivity (Wildman–Crippen MR) is 114 cm³/mol. The average Bonchev–Trinajstić information content (AvgIpc) is 3.21. The van der Waals surface area contributed by atoms with Gasteiger partial charge in [-0.15, -0.1) is 0 Å². The van der Waals surface area contributed by atoms with Crippen LogP contribution in [0.5, 0.6) is 0 Å². The van der Waals surface area contributed by atoms with Crippen LogP contribution in [0.1, 0.15) is 23.1 Å². The molecule has 4 atom stereocenters. The van der Waals surface area contributed by atoms with Crippen molar-refractivity contribution in [2.24, 2.45) is 11.7 Å². The fourth-order valence-electron chi connectivity index (χ4n) is 4.58. The highest BCUT2D eigenvalue weighted by Gasteiger charge is 2.49. The van der Waals surface area contributed by atoms with E-state index in [0.717, 1.165) is 21.9 Å². The quantitative estimate of drug-likeness (QED) is 0.444. The third-order valence-electron chi connectivity index (χ3n) is 6.05. The molecule has 3 aromatic rings. The molecule has 154 valence electrons. The number of ether oxygens (including phenoxy) is 1. The van der Waals surface area contributed by atoms with E-state index in [0.29, 0.717) is 5.57 Å². The van der Waals surface area contributed by atoms with Crippen LogP contribution >= 0.6 is 0 Å². The van der Waals surface area contributed by atoms with Crippen LogP contribution in [-0.2, 0) is 4.74 Å². The summed E-state index contributed by atoms with van der Waals surface area (Å²) in [6, 6.07) is 22.7. The summed E-state index contributed by atoms with van der Waals surface area (Å²) in [6.45, 7) is 0. The van der Waals surface area contributed by atoms with Crippen molar-refractivity contribution in [3.8, 4) is 6.07 Å². The molecule has 0 aliphatic carbocycles. The average molecular weight is 413 g/mol. The van der Waals surface area contributed by atoms with Crippen LogP contribution in [0.15, 0.2) is 78.2 Å². The van der Waals surface area contributed by atoms with Crippen LogP contribution in [-0.4, -0.2) is 11.2 Å². The minimum Gasteiger partial charge on any atom is -0.458 e. The second kappa shape index (κ2) is 7.40. The number of hydrogen-bond acceptors (Lipinski definition) is 7. The Bertz CT molecular complexity index is 1250. The first-order valence-corrected chi connectivity index (χ1v) is 9.87. The minimum atomic E-state index is -0.450. The summed E-state index contributed by atoms with van der Waals surface area (Å²) >= 11 is 0. The van der Waals surface area contributed by atoms with Crippen LogP contribution in [0, 0.1) is 27.4 Å². The molecular formula is C23H19N5O3. The normalized spacial score (nSPS) is 25.0. The van der Waals surface area contributed by atoms with Gasteiger partial charge in [0, 0.05) is 24.0 Å². The fourth-order valence-corrected chi connectivity index (χ4v) is 4.58. The van der Waals surface area contributed by atoms with Crippen LogP contribution in [0.25, 0.3) is 10.8 Å². The van der Waals surface area contributed by atoms with Crippen molar-refractivity contribution in [1.29, 1.82) is 5.26 Å². The van der Waals surface area contributed by atoms with E-state index >= 15 is 0 Å². The van der Waals surface area contributed by atoms with E-state index in [1.54, 1.807) is 12.1 Å². The maximum absolute atomic E-state index is 11.1. The highest BCUT2D eigenvalue weighted by Crippen LogP contribution is 2.47. The standard InChI is InChI=1S/C23H19N5O3/c24-12-18-19(14-7-9-17(10-8-14)28(29)30)20-21(26-27-23(20)31-22(18)25)16-6-5-13-3-1-2-4-15(13)11-16/h1-11,19-21,23,26-27H,25H2. The van der Waals surface area contributed by atoms with E-state index in [2.05, 4.69) is 47.3 Å². The first-order chi connectivity index (χ1) is 15.1. The lowest BCUT2D eigenvalue weighted by molar-refractivity contribution is -0.384. The highest BCUT2D eigenvalue weighted by molar-refractivity contribution is 5.83. The maximum atomic E-state index is 11.1. The highest BCUT2D eigenvalue weighted by atomic mass is 16.6. The molecule has 8 nitrogen and oxygen atoms in total. The lowest BCUT2D eigenvalue weighted by Crippen LogP contribution is -2.40. The van der Waals surface area contributed by atoms with E-state index in [1.807, 2.05) is 12.1 Å². The molecule has 31 heavy (non-hydrogen) atoms. The van der Waals surface area contributed by atoms with E-state index in [1.165, 1.54) is 12.1 Å². The molecule has 0 aromatic heterocycles. The van der Waals surface area contributed by atoms with Gasteiger partial charge in [0.1, 0.15) is 6.07 Å². The zero-order valence-electron chi connectivity index (χ0n) is 16.4. The molecule has 0 spiro atoms. The van der Waals surface area contributed by atoms with Crippen molar-refractivity contribution in [3.05, 3.63) is 99.4 Å². The van der Waals surface area contributed by atoms with Crippen molar-refractivity contribution < 1.29 is 9.66 Å². The predicted octanol–water partition coefficient (Wildman–Crippen LogP) is 3.35. The van der Waals surface area contributed by atoms with Crippen molar-refractivity contribution in [2.45, 2.75) is 18.2 Å². The number of nitriles is 1. The summed E-state index contributed by atoms with van der Waals surface area (Å²) < 4.78 is 5.82. The molecule has 2 aliphatic heterocycles. The Hall–Kier alpha value is -3.93. The Morgan fingerprint density at radius 1 is 1.00 bits per heavy atom. The third kappa shape index (κ3) is 3.17. The molecule has 0 saturated carbocycles. The van der Waals surface area contributed by atoms with E-state index in [4.69, 9.17) is 10.5 Å². The molecule has 4 N–H and O–H groups in total. The second-order valence-corrected chi connectivity index (χ2v) is 7.70. The summed E-state index contributed by atoms with van der Waals surface area (Å²) in [4.78, 5) is 10.6. The third-order valence-corrected chi connectivity index (χ3v) is 6.05. The lowest BCUT2D eigenvalue weighted by atomic mass is 9.74. The van der Waals surface area contributed by atoms with Gasteiger partial charge < -0.3 is 10.5 Å². The Kier molecular flexibility index (Phi) is 4.55. The summed E-state index contributed by atoms with van der Waals surface area (Å²) in [5.41, 5.74) is 14.7. The maximum Gasteiger partial charge on any atom is 0.269 e. The van der Waals surface area contributed by atoms with Gasteiger partial charge in [0.05, 0.1) is 16.5 Å². The SMILES string of the molecule is N#CC1=C(N)OC2NNC(c3ccc4ccccc4c3)C2C1c1ccc([N+](=O)[O-])cc1. The number of nitro groups is 1. The van der Waals surface area contributed by atoms with Crippen molar-refractivity contribution in [2.75, 3.05) is 0 Å². The molecule has 8 heteroatoms. The first kappa shape index (κ1) is 19.1. The molecular weight excluding hydrogens is 394 g/mol. The van der Waals surface area contributed by atoms with Crippen LogP contribution in [0.2, 0.25) is 0 Å². The molecule has 1 fully saturated rings. The summed E-state index contributed by atoms with van der Waals surface area (Å²) in [5, 5.41) is 23.2. The topological polar surface area (TPSA) is 126 Å². The Morgan fingerprint density at radius 2 is 1.71 bits per heavy atom. The molecule has 2 aliphatic rings. The van der Waals surface area contributed by atoms with Gasteiger partial charge in [-0.3, -0.25) is 10.1 Å². The minimum absolute atomic E-state index is 0.00318. The number of non-ortho nitro benzene ring substituents is 1. The number of allylic oxidation sites excluding steroid dienone is 1. The number of nitro benzene ring substituents is 1. The molecule has 2 heterocycles. The van der Waals surface area contributed by atoms with Crippen molar-refractivity contribution in [3.63, 3.8) is 0 Å². The second-order valence-electron chi connectivity index (χ2n) is 7.70. The van der Waals surface area contributed by atoms with E-state index < -0.39 is 11.2 Å². The number of hydrazine groups is 1. The number of nitrogens with one attached hydrogen (secondary N) is 2. The van der Waals surface area contributed by atoms with Gasteiger partial charge in [-0.2, -0.15) is 5.26 Å². The number of rotatable bonds is 3. The van der Waals surface area contributed by atoms with Crippen molar-refractivity contribution in [1.82, 2.24) is 10.9 Å². The Balaban J connectivity index is 1.60. The summed E-state index contributed by atoms with van der Waals surface area (Å²) in [7, 11) is 0. The molecule has 5 rings (SSSR count). The van der Waals surface area contributed by atoms with Gasteiger partial charge in [-0.25, -0.2) is 10.9 Å².